The Hall–Kier alpha value is -2.44. The van der Waals surface area contributed by atoms with Crippen molar-refractivity contribution in [3.05, 3.63) is 69.3 Å². The van der Waals surface area contributed by atoms with Crippen LogP contribution in [-0.2, 0) is 13.0 Å². The highest BCUT2D eigenvalue weighted by Gasteiger charge is 2.33. The summed E-state index contributed by atoms with van der Waals surface area (Å²) in [6.07, 6.45) is 0.228. The lowest BCUT2D eigenvalue weighted by molar-refractivity contribution is -0.385. The molecule has 1 N–H and O–H groups in total. The van der Waals surface area contributed by atoms with Gasteiger partial charge < -0.3 is 9.84 Å². The molecular formula is C18H20N2O4. The molecule has 24 heavy (non-hydrogen) atoms. The average Bonchev–Trinajstić information content (AvgIpc) is 2.92. The van der Waals surface area contributed by atoms with Crippen molar-refractivity contribution in [3.8, 4) is 5.75 Å². The zero-order valence-corrected chi connectivity index (χ0v) is 13.7. The van der Waals surface area contributed by atoms with Crippen LogP contribution in [-0.4, -0.2) is 35.1 Å². The molecule has 0 saturated carbocycles. The molecule has 0 spiro atoms. The second kappa shape index (κ2) is 6.59. The van der Waals surface area contributed by atoms with Gasteiger partial charge in [-0.2, -0.15) is 0 Å². The summed E-state index contributed by atoms with van der Waals surface area (Å²) >= 11 is 0. The molecule has 0 amide bonds. The lowest BCUT2D eigenvalue weighted by Gasteiger charge is -2.27. The molecule has 0 fully saturated rings. The molecule has 1 aliphatic carbocycles. The molecule has 0 bridgehead atoms. The molecule has 0 saturated heterocycles. The van der Waals surface area contributed by atoms with Crippen molar-refractivity contribution in [1.29, 1.82) is 0 Å². The fourth-order valence-electron chi connectivity index (χ4n) is 3.33. The molecule has 126 valence electrons. The molecule has 2 aromatic carbocycles. The van der Waals surface area contributed by atoms with Crippen molar-refractivity contribution in [1.82, 2.24) is 4.90 Å². The number of nitro groups is 1. The minimum absolute atomic E-state index is 0.0384. The monoisotopic (exact) mass is 328 g/mol. The molecule has 2 unspecified atom stereocenters. The van der Waals surface area contributed by atoms with Gasteiger partial charge in [-0.25, -0.2) is 0 Å². The van der Waals surface area contributed by atoms with Crippen molar-refractivity contribution in [2.75, 3.05) is 14.2 Å². The van der Waals surface area contributed by atoms with Gasteiger partial charge in [0.15, 0.2) is 5.75 Å². The van der Waals surface area contributed by atoms with E-state index in [1.54, 1.807) is 6.07 Å². The normalized spacial score (nSPS) is 19.3. The SMILES string of the molecule is COc1ccc(CN(C)C2Cc3ccccc3C2O)cc1[N+](=O)[O-]. The number of nitrogens with zero attached hydrogens (tertiary/aromatic N) is 2. The van der Waals surface area contributed by atoms with Crippen molar-refractivity contribution >= 4 is 5.69 Å². The number of rotatable bonds is 5. The minimum Gasteiger partial charge on any atom is -0.490 e. The molecule has 6 heteroatoms. The molecule has 2 atom stereocenters. The maximum Gasteiger partial charge on any atom is 0.311 e. The third kappa shape index (κ3) is 2.98. The fraction of sp³-hybridized carbons (Fsp3) is 0.333. The van der Waals surface area contributed by atoms with E-state index in [9.17, 15) is 15.2 Å². The summed E-state index contributed by atoms with van der Waals surface area (Å²) < 4.78 is 5.03. The van der Waals surface area contributed by atoms with Gasteiger partial charge in [-0.15, -0.1) is 0 Å². The molecule has 0 heterocycles. The molecule has 0 aliphatic heterocycles. The van der Waals surface area contributed by atoms with Crippen molar-refractivity contribution in [2.24, 2.45) is 0 Å². The Morgan fingerprint density at radius 2 is 2.08 bits per heavy atom. The largest absolute Gasteiger partial charge is 0.490 e. The summed E-state index contributed by atoms with van der Waals surface area (Å²) in [5.74, 6) is 0.250. The second-order valence-electron chi connectivity index (χ2n) is 6.09. The van der Waals surface area contributed by atoms with Gasteiger partial charge in [0.2, 0.25) is 0 Å². The van der Waals surface area contributed by atoms with Gasteiger partial charge in [0.05, 0.1) is 18.1 Å². The van der Waals surface area contributed by atoms with Gasteiger partial charge in [0, 0.05) is 18.7 Å². The van der Waals surface area contributed by atoms with Gasteiger partial charge in [-0.3, -0.25) is 15.0 Å². The Labute approximate surface area is 140 Å². The smallest absolute Gasteiger partial charge is 0.311 e. The maximum atomic E-state index is 11.1. The summed E-state index contributed by atoms with van der Waals surface area (Å²) in [6, 6.07) is 12.8. The molecule has 1 aliphatic rings. The first kappa shape index (κ1) is 16.4. The number of hydrogen-bond acceptors (Lipinski definition) is 5. The number of aliphatic hydroxyl groups excluding tert-OH is 1. The Balaban J connectivity index is 1.77. The van der Waals surface area contributed by atoms with E-state index in [2.05, 4.69) is 0 Å². The van der Waals surface area contributed by atoms with E-state index in [0.717, 1.165) is 23.1 Å². The van der Waals surface area contributed by atoms with E-state index in [4.69, 9.17) is 4.74 Å². The highest BCUT2D eigenvalue weighted by Crippen LogP contribution is 2.35. The quantitative estimate of drug-likeness (QED) is 0.674. The topological polar surface area (TPSA) is 75.8 Å². The molecular weight excluding hydrogens is 308 g/mol. The lowest BCUT2D eigenvalue weighted by atomic mass is 10.1. The van der Waals surface area contributed by atoms with Crippen molar-refractivity contribution in [2.45, 2.75) is 25.1 Å². The zero-order valence-electron chi connectivity index (χ0n) is 13.7. The molecule has 3 rings (SSSR count). The predicted molar refractivity (Wildman–Crippen MR) is 90.0 cm³/mol. The third-order valence-electron chi connectivity index (χ3n) is 4.61. The summed E-state index contributed by atoms with van der Waals surface area (Å²) in [4.78, 5) is 12.7. The van der Waals surface area contributed by atoms with Gasteiger partial charge in [-0.1, -0.05) is 30.3 Å². The Morgan fingerprint density at radius 1 is 1.33 bits per heavy atom. The van der Waals surface area contributed by atoms with Crippen LogP contribution >= 0.6 is 0 Å². The second-order valence-corrected chi connectivity index (χ2v) is 6.09. The first-order valence-corrected chi connectivity index (χ1v) is 7.78. The highest BCUT2D eigenvalue weighted by atomic mass is 16.6. The van der Waals surface area contributed by atoms with E-state index in [-0.39, 0.29) is 17.5 Å². The van der Waals surface area contributed by atoms with Crippen LogP contribution in [0, 0.1) is 10.1 Å². The van der Waals surface area contributed by atoms with Crippen molar-refractivity contribution in [3.63, 3.8) is 0 Å². The van der Waals surface area contributed by atoms with Crippen LogP contribution in [0.4, 0.5) is 5.69 Å². The van der Waals surface area contributed by atoms with Crippen LogP contribution in [0.15, 0.2) is 42.5 Å². The van der Waals surface area contributed by atoms with E-state index < -0.39 is 11.0 Å². The van der Waals surface area contributed by atoms with E-state index in [1.807, 2.05) is 42.3 Å². The number of likely N-dealkylation sites (N-methyl/N-ethyl adjacent to an activating group) is 1. The first-order chi connectivity index (χ1) is 11.5. The van der Waals surface area contributed by atoms with Gasteiger partial charge in [-0.05, 0) is 36.2 Å². The predicted octanol–water partition coefficient (Wildman–Crippen LogP) is 2.69. The molecule has 6 nitrogen and oxygen atoms in total. The van der Waals surface area contributed by atoms with Crippen molar-refractivity contribution < 1.29 is 14.8 Å². The number of benzene rings is 2. The van der Waals surface area contributed by atoms with Crippen LogP contribution in [0.2, 0.25) is 0 Å². The fourth-order valence-corrected chi connectivity index (χ4v) is 3.33. The van der Waals surface area contributed by atoms with Crippen LogP contribution in [0.3, 0.4) is 0 Å². The summed E-state index contributed by atoms with van der Waals surface area (Å²) in [5, 5.41) is 21.7. The van der Waals surface area contributed by atoms with Gasteiger partial charge in [0.1, 0.15) is 0 Å². The number of nitro benzene ring substituents is 1. The molecule has 0 radical (unpaired) electrons. The van der Waals surface area contributed by atoms with Crippen LogP contribution in [0.1, 0.15) is 22.8 Å². The molecule has 0 aromatic heterocycles. The lowest BCUT2D eigenvalue weighted by Crippen LogP contribution is -2.34. The Bertz CT molecular complexity index is 762. The number of ether oxygens (including phenoxy) is 1. The summed E-state index contributed by atoms with van der Waals surface area (Å²) in [6.45, 7) is 0.514. The van der Waals surface area contributed by atoms with Crippen LogP contribution < -0.4 is 4.74 Å². The maximum absolute atomic E-state index is 11.1. The summed E-state index contributed by atoms with van der Waals surface area (Å²) in [7, 11) is 3.34. The Morgan fingerprint density at radius 3 is 2.75 bits per heavy atom. The van der Waals surface area contributed by atoms with E-state index >= 15 is 0 Å². The zero-order chi connectivity index (χ0) is 17.3. The highest BCUT2D eigenvalue weighted by molar-refractivity contribution is 5.48. The summed E-state index contributed by atoms with van der Waals surface area (Å²) in [5.41, 5.74) is 2.89. The number of aliphatic hydroxyl groups is 1. The van der Waals surface area contributed by atoms with E-state index in [1.165, 1.54) is 13.2 Å². The Kier molecular flexibility index (Phi) is 4.51. The standard InChI is InChI=1S/C18H20N2O4/c1-19(16-10-13-5-3-4-6-14(13)18(16)21)11-12-7-8-17(24-2)15(9-12)20(22)23/h3-9,16,18,21H,10-11H2,1-2H3. The third-order valence-corrected chi connectivity index (χ3v) is 4.61. The number of hydrogen-bond donors (Lipinski definition) is 1. The molecule has 2 aromatic rings. The van der Waals surface area contributed by atoms with E-state index in [0.29, 0.717) is 6.54 Å². The average molecular weight is 328 g/mol. The number of fused-ring (bicyclic) bond motifs is 1. The number of methoxy groups -OCH3 is 1. The minimum atomic E-state index is -0.542. The van der Waals surface area contributed by atoms with Crippen LogP contribution in [0.25, 0.3) is 0 Å². The first-order valence-electron chi connectivity index (χ1n) is 7.78. The van der Waals surface area contributed by atoms with Gasteiger partial charge >= 0.3 is 5.69 Å². The van der Waals surface area contributed by atoms with Gasteiger partial charge in [0.25, 0.3) is 0 Å². The van der Waals surface area contributed by atoms with Crippen LogP contribution in [0.5, 0.6) is 5.75 Å².